The van der Waals surface area contributed by atoms with Crippen molar-refractivity contribution in [2.75, 3.05) is 23.8 Å². The summed E-state index contributed by atoms with van der Waals surface area (Å²) in [7, 11) is 3.46. The lowest BCUT2D eigenvalue weighted by molar-refractivity contribution is -0.118. The molecule has 0 aromatic heterocycles. The van der Waals surface area contributed by atoms with Gasteiger partial charge >= 0.3 is 0 Å². The lowest BCUT2D eigenvalue weighted by Crippen LogP contribution is -2.22. The Bertz CT molecular complexity index is 182. The SMILES string of the molecule is CC(=O)NCCSSCCCCS(=O)O. The number of unbranched alkanes of at least 4 members (excludes halogenated alkanes) is 1. The van der Waals surface area contributed by atoms with Gasteiger partial charge in [0.1, 0.15) is 0 Å². The molecule has 7 heteroatoms. The Morgan fingerprint density at radius 2 is 2.00 bits per heavy atom. The predicted octanol–water partition coefficient (Wildman–Crippen LogP) is 1.51. The average Bonchev–Trinajstić information content (AvgIpc) is 2.14. The molecule has 0 heterocycles. The third kappa shape index (κ3) is 14.3. The molecule has 0 saturated heterocycles. The summed E-state index contributed by atoms with van der Waals surface area (Å²) in [5.74, 6) is 2.26. The highest BCUT2D eigenvalue weighted by atomic mass is 33.1. The minimum absolute atomic E-state index is 0.00558. The molecule has 1 atom stereocenters. The minimum atomic E-state index is -1.64. The van der Waals surface area contributed by atoms with Crippen molar-refractivity contribution in [2.24, 2.45) is 0 Å². The van der Waals surface area contributed by atoms with Crippen molar-refractivity contribution >= 4 is 38.6 Å². The van der Waals surface area contributed by atoms with Crippen molar-refractivity contribution in [1.29, 1.82) is 0 Å². The molecule has 0 aromatic carbocycles. The molecule has 0 aromatic rings. The van der Waals surface area contributed by atoms with Crippen LogP contribution in [0, 0.1) is 0 Å². The monoisotopic (exact) mass is 271 g/mol. The third-order valence-corrected chi connectivity index (χ3v) is 4.57. The van der Waals surface area contributed by atoms with Crippen LogP contribution in [-0.4, -0.2) is 38.5 Å². The lowest BCUT2D eigenvalue weighted by atomic mass is 10.4. The Morgan fingerprint density at radius 3 is 2.60 bits per heavy atom. The van der Waals surface area contributed by atoms with E-state index < -0.39 is 11.1 Å². The van der Waals surface area contributed by atoms with Crippen LogP contribution in [0.4, 0.5) is 0 Å². The molecule has 0 rings (SSSR count). The van der Waals surface area contributed by atoms with E-state index in [1.54, 1.807) is 21.6 Å². The second-order valence-electron chi connectivity index (χ2n) is 2.86. The summed E-state index contributed by atoms with van der Waals surface area (Å²) in [6.07, 6.45) is 1.76. The molecule has 0 aliphatic carbocycles. The molecule has 0 aliphatic heterocycles. The lowest BCUT2D eigenvalue weighted by Gasteiger charge is -2.01. The second-order valence-corrected chi connectivity index (χ2v) is 6.61. The first-order chi connectivity index (χ1) is 7.13. The van der Waals surface area contributed by atoms with E-state index in [0.29, 0.717) is 12.3 Å². The Balaban J connectivity index is 2.99. The van der Waals surface area contributed by atoms with Crippen molar-refractivity contribution in [1.82, 2.24) is 5.32 Å². The molecule has 0 fully saturated rings. The van der Waals surface area contributed by atoms with E-state index in [2.05, 4.69) is 5.32 Å². The maximum Gasteiger partial charge on any atom is 0.216 e. The summed E-state index contributed by atoms with van der Waals surface area (Å²) in [6.45, 7) is 2.21. The van der Waals surface area contributed by atoms with Gasteiger partial charge in [-0.3, -0.25) is 4.79 Å². The molecule has 2 N–H and O–H groups in total. The Morgan fingerprint density at radius 1 is 1.33 bits per heavy atom. The van der Waals surface area contributed by atoms with Gasteiger partial charge < -0.3 is 9.87 Å². The van der Waals surface area contributed by atoms with Crippen LogP contribution in [0.15, 0.2) is 0 Å². The van der Waals surface area contributed by atoms with E-state index in [1.807, 2.05) is 0 Å². The van der Waals surface area contributed by atoms with Crippen LogP contribution in [0.3, 0.4) is 0 Å². The average molecular weight is 271 g/mol. The van der Waals surface area contributed by atoms with Crippen LogP contribution in [-0.2, 0) is 15.9 Å². The van der Waals surface area contributed by atoms with Gasteiger partial charge in [0.15, 0.2) is 11.1 Å². The molecular weight excluding hydrogens is 254 g/mol. The zero-order valence-corrected chi connectivity index (χ0v) is 11.2. The van der Waals surface area contributed by atoms with Gasteiger partial charge in [-0.05, 0) is 12.8 Å². The van der Waals surface area contributed by atoms with Crippen LogP contribution in [0.2, 0.25) is 0 Å². The minimum Gasteiger partial charge on any atom is -0.355 e. The fourth-order valence-electron chi connectivity index (χ4n) is 0.773. The number of amides is 1. The number of carbonyl (C=O) groups is 1. The first kappa shape index (κ1) is 15.3. The maximum atomic E-state index is 10.5. The predicted molar refractivity (Wildman–Crippen MR) is 68.5 cm³/mol. The van der Waals surface area contributed by atoms with Crippen LogP contribution in [0.1, 0.15) is 19.8 Å². The molecule has 0 bridgehead atoms. The van der Waals surface area contributed by atoms with E-state index >= 15 is 0 Å². The molecule has 90 valence electrons. The molecule has 1 unspecified atom stereocenters. The molecule has 0 radical (unpaired) electrons. The zero-order valence-electron chi connectivity index (χ0n) is 8.73. The van der Waals surface area contributed by atoms with Crippen LogP contribution >= 0.6 is 21.6 Å². The highest BCUT2D eigenvalue weighted by Gasteiger charge is 1.95. The largest absolute Gasteiger partial charge is 0.355 e. The van der Waals surface area contributed by atoms with Gasteiger partial charge in [0.25, 0.3) is 0 Å². The van der Waals surface area contributed by atoms with Gasteiger partial charge in [-0.2, -0.15) is 0 Å². The highest BCUT2D eigenvalue weighted by Crippen LogP contribution is 2.21. The van der Waals surface area contributed by atoms with Gasteiger partial charge in [0, 0.05) is 30.7 Å². The second kappa shape index (κ2) is 10.8. The fraction of sp³-hybridized carbons (Fsp3) is 0.875. The van der Waals surface area contributed by atoms with E-state index in [1.165, 1.54) is 6.92 Å². The maximum absolute atomic E-state index is 10.5. The number of nitrogens with one attached hydrogen (secondary N) is 1. The first-order valence-corrected chi connectivity index (χ1v) is 8.45. The number of hydrogen-bond donors (Lipinski definition) is 2. The van der Waals surface area contributed by atoms with Gasteiger partial charge in [0.05, 0.1) is 0 Å². The third-order valence-electron chi connectivity index (χ3n) is 1.44. The number of hydrogen-bond acceptors (Lipinski definition) is 4. The standard InChI is InChI=1S/C8H17NO3S3/c1-8(10)9-4-6-14-13-5-2-3-7-15(11)12/h2-7H2,1H3,(H,9,10)(H,11,12). The first-order valence-electron chi connectivity index (χ1n) is 4.69. The Labute approximate surface area is 101 Å². The molecule has 1 amide bonds. The van der Waals surface area contributed by atoms with Crippen LogP contribution in [0.5, 0.6) is 0 Å². The summed E-state index contributed by atoms with van der Waals surface area (Å²) in [5, 5.41) is 2.72. The quantitative estimate of drug-likeness (QED) is 0.378. The van der Waals surface area contributed by atoms with Crippen LogP contribution in [0.25, 0.3) is 0 Å². The summed E-state index contributed by atoms with van der Waals surface area (Å²) < 4.78 is 18.8. The molecular formula is C8H17NO3S3. The summed E-state index contributed by atoms with van der Waals surface area (Å²) in [5.41, 5.74) is 0. The smallest absolute Gasteiger partial charge is 0.216 e. The van der Waals surface area contributed by atoms with E-state index in [0.717, 1.165) is 24.3 Å². The highest BCUT2D eigenvalue weighted by molar-refractivity contribution is 8.76. The van der Waals surface area contributed by atoms with E-state index in [9.17, 15) is 9.00 Å². The van der Waals surface area contributed by atoms with E-state index in [4.69, 9.17) is 4.55 Å². The zero-order chi connectivity index (χ0) is 11.5. The van der Waals surface area contributed by atoms with Gasteiger partial charge in [-0.25, -0.2) is 4.21 Å². The molecule has 0 spiro atoms. The molecule has 15 heavy (non-hydrogen) atoms. The Hall–Kier alpha value is 0.280. The van der Waals surface area contributed by atoms with Crippen molar-refractivity contribution in [3.63, 3.8) is 0 Å². The summed E-state index contributed by atoms with van der Waals surface area (Å²) in [6, 6.07) is 0. The van der Waals surface area contributed by atoms with Gasteiger partial charge in [0.2, 0.25) is 5.91 Å². The molecule has 0 aliphatic rings. The summed E-state index contributed by atoms with van der Waals surface area (Å²) in [4.78, 5) is 10.5. The van der Waals surface area contributed by atoms with E-state index in [-0.39, 0.29) is 5.91 Å². The Kier molecular flexibility index (Phi) is 11.0. The topological polar surface area (TPSA) is 66.4 Å². The molecule has 4 nitrogen and oxygen atoms in total. The van der Waals surface area contributed by atoms with Crippen molar-refractivity contribution in [3.05, 3.63) is 0 Å². The van der Waals surface area contributed by atoms with Crippen molar-refractivity contribution < 1.29 is 13.6 Å². The van der Waals surface area contributed by atoms with Gasteiger partial charge in [-0.1, -0.05) is 21.6 Å². The van der Waals surface area contributed by atoms with Crippen LogP contribution < -0.4 is 5.32 Å². The van der Waals surface area contributed by atoms with Crippen molar-refractivity contribution in [3.8, 4) is 0 Å². The molecule has 0 saturated carbocycles. The fourth-order valence-corrected chi connectivity index (χ4v) is 3.28. The number of rotatable bonds is 9. The van der Waals surface area contributed by atoms with Crippen molar-refractivity contribution in [2.45, 2.75) is 19.8 Å². The summed E-state index contributed by atoms with van der Waals surface area (Å²) >= 11 is -1.64. The normalized spacial score (nSPS) is 12.4. The number of carbonyl (C=O) groups excluding carboxylic acids is 1. The van der Waals surface area contributed by atoms with Gasteiger partial charge in [-0.15, -0.1) is 0 Å².